The molecule has 0 aliphatic rings. The predicted molar refractivity (Wildman–Crippen MR) is 72.0 cm³/mol. The first-order valence-corrected chi connectivity index (χ1v) is 6.46. The van der Waals surface area contributed by atoms with Crippen molar-refractivity contribution in [3.05, 3.63) is 53.8 Å². The number of carbonyl (C=O) groups excluding carboxylic acids is 1. The summed E-state index contributed by atoms with van der Waals surface area (Å²) in [5, 5.41) is 0.564. The molecule has 0 aliphatic heterocycles. The molecule has 0 spiro atoms. The summed E-state index contributed by atoms with van der Waals surface area (Å²) in [6.07, 6.45) is 0.647. The van der Waals surface area contributed by atoms with Crippen molar-refractivity contribution in [1.82, 2.24) is 9.97 Å². The first-order valence-electron chi connectivity index (χ1n) is 5.64. The van der Waals surface area contributed by atoms with E-state index in [1.165, 1.54) is 12.1 Å². The molecule has 0 aliphatic carbocycles. The van der Waals surface area contributed by atoms with Crippen LogP contribution in [0.1, 0.15) is 10.4 Å². The highest BCUT2D eigenvalue weighted by Gasteiger charge is 2.12. The Kier molecular flexibility index (Phi) is 3.05. The maximum absolute atomic E-state index is 13.8. The summed E-state index contributed by atoms with van der Waals surface area (Å²) in [6.45, 7) is 0. The molecule has 94 valence electrons. The highest BCUT2D eigenvalue weighted by Crippen LogP contribution is 2.31. The van der Waals surface area contributed by atoms with Crippen molar-refractivity contribution in [2.45, 2.75) is 10.1 Å². The van der Waals surface area contributed by atoms with Crippen molar-refractivity contribution in [2.75, 3.05) is 0 Å². The summed E-state index contributed by atoms with van der Waals surface area (Å²) >= 11 is 1.12. The van der Waals surface area contributed by atoms with Crippen LogP contribution in [0.5, 0.6) is 0 Å². The van der Waals surface area contributed by atoms with E-state index in [-0.39, 0.29) is 4.90 Å². The SMILES string of the molecule is O=Cc1cccc(F)c1Sc1nc2ccccc2[nH]1. The fourth-order valence-electron chi connectivity index (χ4n) is 1.80. The Hall–Kier alpha value is -2.14. The smallest absolute Gasteiger partial charge is 0.171 e. The lowest BCUT2D eigenvalue weighted by molar-refractivity contribution is 0.112. The van der Waals surface area contributed by atoms with Gasteiger partial charge in [0.25, 0.3) is 0 Å². The number of carbonyl (C=O) groups is 1. The predicted octanol–water partition coefficient (Wildman–Crippen LogP) is 3.67. The number of hydrogen-bond acceptors (Lipinski definition) is 3. The van der Waals surface area contributed by atoms with Gasteiger partial charge in [-0.3, -0.25) is 4.79 Å². The zero-order valence-electron chi connectivity index (χ0n) is 9.76. The van der Waals surface area contributed by atoms with Gasteiger partial charge in [0, 0.05) is 5.56 Å². The molecular formula is C14H9FN2OS. The summed E-state index contributed by atoms with van der Waals surface area (Å²) in [6, 6.07) is 12.0. The van der Waals surface area contributed by atoms with Gasteiger partial charge in [-0.25, -0.2) is 9.37 Å². The van der Waals surface area contributed by atoms with Crippen LogP contribution in [-0.4, -0.2) is 16.3 Å². The third-order valence-corrected chi connectivity index (χ3v) is 3.71. The molecule has 0 amide bonds. The van der Waals surface area contributed by atoms with Crippen LogP contribution in [-0.2, 0) is 0 Å². The van der Waals surface area contributed by atoms with Gasteiger partial charge in [0.1, 0.15) is 5.82 Å². The number of hydrogen-bond donors (Lipinski definition) is 1. The number of aromatic nitrogens is 2. The molecule has 3 rings (SSSR count). The number of rotatable bonds is 3. The molecule has 19 heavy (non-hydrogen) atoms. The van der Waals surface area contributed by atoms with Crippen molar-refractivity contribution in [3.8, 4) is 0 Å². The number of nitrogens with zero attached hydrogens (tertiary/aromatic N) is 1. The average molecular weight is 272 g/mol. The second kappa shape index (κ2) is 4.85. The van der Waals surface area contributed by atoms with Gasteiger partial charge in [-0.1, -0.05) is 24.3 Å². The molecule has 0 fully saturated rings. The van der Waals surface area contributed by atoms with Crippen LogP contribution in [0, 0.1) is 5.82 Å². The third-order valence-electron chi connectivity index (χ3n) is 2.69. The van der Waals surface area contributed by atoms with E-state index >= 15 is 0 Å². The van der Waals surface area contributed by atoms with Gasteiger partial charge in [0.15, 0.2) is 11.4 Å². The average Bonchev–Trinajstić information content (AvgIpc) is 2.83. The van der Waals surface area contributed by atoms with Crippen molar-refractivity contribution in [2.24, 2.45) is 0 Å². The van der Waals surface area contributed by atoms with Crippen molar-refractivity contribution >= 4 is 29.1 Å². The first-order chi connectivity index (χ1) is 9.28. The minimum atomic E-state index is -0.421. The standard InChI is InChI=1S/C14H9FN2OS/c15-10-5-3-4-9(8-18)13(10)19-14-16-11-6-1-2-7-12(11)17-14/h1-8H,(H,16,17). The van der Waals surface area contributed by atoms with Crippen LogP contribution in [0.3, 0.4) is 0 Å². The van der Waals surface area contributed by atoms with Crippen molar-refractivity contribution in [3.63, 3.8) is 0 Å². The number of benzene rings is 2. The maximum Gasteiger partial charge on any atom is 0.171 e. The Balaban J connectivity index is 2.03. The largest absolute Gasteiger partial charge is 0.333 e. The van der Waals surface area contributed by atoms with Gasteiger partial charge < -0.3 is 4.98 Å². The molecule has 1 aromatic heterocycles. The number of aromatic amines is 1. The lowest BCUT2D eigenvalue weighted by Gasteiger charge is -2.02. The molecule has 0 saturated carbocycles. The maximum atomic E-state index is 13.8. The van der Waals surface area contributed by atoms with E-state index in [0.717, 1.165) is 22.8 Å². The normalized spacial score (nSPS) is 10.8. The molecule has 0 bridgehead atoms. The molecule has 0 radical (unpaired) electrons. The number of imidazole rings is 1. The van der Waals surface area contributed by atoms with E-state index < -0.39 is 5.82 Å². The molecule has 0 atom stereocenters. The lowest BCUT2D eigenvalue weighted by atomic mass is 10.2. The summed E-state index contributed by atoms with van der Waals surface area (Å²) in [7, 11) is 0. The molecule has 0 unspecified atom stereocenters. The molecule has 1 N–H and O–H groups in total. The topological polar surface area (TPSA) is 45.8 Å². The van der Waals surface area contributed by atoms with Crippen molar-refractivity contribution in [1.29, 1.82) is 0 Å². The number of aldehydes is 1. The van der Waals surface area contributed by atoms with Gasteiger partial charge in [-0.05, 0) is 30.0 Å². The summed E-state index contributed by atoms with van der Waals surface area (Å²) in [5.74, 6) is -0.421. The molecule has 1 heterocycles. The van der Waals surface area contributed by atoms with Crippen molar-refractivity contribution < 1.29 is 9.18 Å². The third kappa shape index (κ3) is 2.24. The number of H-pyrrole nitrogens is 1. The Morgan fingerprint density at radius 2 is 2.00 bits per heavy atom. The van der Waals surface area contributed by atoms with E-state index in [0.29, 0.717) is 17.0 Å². The van der Waals surface area contributed by atoms with Crippen LogP contribution < -0.4 is 0 Å². The van der Waals surface area contributed by atoms with Gasteiger partial charge in [-0.15, -0.1) is 0 Å². The highest BCUT2D eigenvalue weighted by molar-refractivity contribution is 7.99. The Labute approximate surface area is 112 Å². The first kappa shape index (κ1) is 11.9. The molecule has 0 saturated heterocycles. The quantitative estimate of drug-likeness (QED) is 0.740. The Bertz CT molecular complexity index is 721. The Morgan fingerprint density at radius 1 is 1.16 bits per heavy atom. The van der Waals surface area contributed by atoms with Gasteiger partial charge >= 0.3 is 0 Å². The summed E-state index contributed by atoms with van der Waals surface area (Å²) < 4.78 is 13.8. The second-order valence-corrected chi connectivity index (χ2v) is 4.94. The molecular weight excluding hydrogens is 263 g/mol. The van der Waals surface area contributed by atoms with Crippen LogP contribution >= 0.6 is 11.8 Å². The van der Waals surface area contributed by atoms with Gasteiger partial charge in [0.05, 0.1) is 15.9 Å². The molecule has 3 aromatic rings. The van der Waals surface area contributed by atoms with Crippen LogP contribution in [0.4, 0.5) is 4.39 Å². The minimum absolute atomic E-state index is 0.288. The number of para-hydroxylation sites is 2. The monoisotopic (exact) mass is 272 g/mol. The zero-order chi connectivity index (χ0) is 13.2. The van der Waals surface area contributed by atoms with Crippen LogP contribution in [0.2, 0.25) is 0 Å². The number of fused-ring (bicyclic) bond motifs is 1. The van der Waals surface area contributed by atoms with E-state index in [1.54, 1.807) is 6.07 Å². The van der Waals surface area contributed by atoms with Crippen LogP contribution in [0.25, 0.3) is 11.0 Å². The highest BCUT2D eigenvalue weighted by atomic mass is 32.2. The summed E-state index contributed by atoms with van der Waals surface area (Å²) in [4.78, 5) is 18.7. The molecule has 3 nitrogen and oxygen atoms in total. The van der Waals surface area contributed by atoms with Gasteiger partial charge in [0.2, 0.25) is 0 Å². The second-order valence-electron chi connectivity index (χ2n) is 3.94. The molecule has 5 heteroatoms. The molecule has 2 aromatic carbocycles. The van der Waals surface area contributed by atoms with E-state index in [4.69, 9.17) is 0 Å². The number of nitrogens with one attached hydrogen (secondary N) is 1. The van der Waals surface area contributed by atoms with Crippen LogP contribution in [0.15, 0.2) is 52.5 Å². The zero-order valence-corrected chi connectivity index (χ0v) is 10.6. The summed E-state index contributed by atoms with van der Waals surface area (Å²) in [5.41, 5.74) is 2.02. The van der Waals surface area contributed by atoms with E-state index in [2.05, 4.69) is 9.97 Å². The fourth-order valence-corrected chi connectivity index (χ4v) is 2.70. The lowest BCUT2D eigenvalue weighted by Crippen LogP contribution is -1.90. The minimum Gasteiger partial charge on any atom is -0.333 e. The van der Waals surface area contributed by atoms with E-state index in [9.17, 15) is 9.18 Å². The fraction of sp³-hybridized carbons (Fsp3) is 0. The van der Waals surface area contributed by atoms with E-state index in [1.807, 2.05) is 24.3 Å². The number of halogens is 1. The van der Waals surface area contributed by atoms with Gasteiger partial charge in [-0.2, -0.15) is 0 Å². The Morgan fingerprint density at radius 3 is 2.79 bits per heavy atom.